The Bertz CT molecular complexity index is 443. The van der Waals surface area contributed by atoms with Gasteiger partial charge in [0.1, 0.15) is 11.9 Å². The van der Waals surface area contributed by atoms with Gasteiger partial charge in [0.25, 0.3) is 0 Å². The minimum atomic E-state index is -0.526. The maximum Gasteiger partial charge on any atom is 0.321 e. The minimum Gasteiger partial charge on any atom is -0.341 e. The van der Waals surface area contributed by atoms with E-state index in [1.807, 2.05) is 0 Å². The maximum atomic E-state index is 12.0. The molecule has 19 heavy (non-hydrogen) atoms. The van der Waals surface area contributed by atoms with Crippen LogP contribution < -0.4 is 10.6 Å². The van der Waals surface area contributed by atoms with E-state index in [0.29, 0.717) is 5.82 Å². The Balaban J connectivity index is 1.83. The lowest BCUT2D eigenvalue weighted by molar-refractivity contribution is -0.131. The molecule has 0 spiro atoms. The third-order valence-corrected chi connectivity index (χ3v) is 3.04. The smallest absolute Gasteiger partial charge is 0.321 e. The summed E-state index contributed by atoms with van der Waals surface area (Å²) >= 11 is 0. The van der Waals surface area contributed by atoms with Crippen molar-refractivity contribution >= 4 is 17.8 Å². The van der Waals surface area contributed by atoms with E-state index in [9.17, 15) is 9.59 Å². The van der Waals surface area contributed by atoms with E-state index in [1.54, 1.807) is 36.2 Å². The number of amides is 3. The fraction of sp³-hybridized carbons (Fsp3) is 0.462. The number of carbonyl (C=O) groups excluding carboxylic acids is 2. The Morgan fingerprint density at radius 2 is 2.05 bits per heavy atom. The van der Waals surface area contributed by atoms with Crippen LogP contribution in [0.25, 0.3) is 0 Å². The molecule has 1 aromatic heterocycles. The quantitative estimate of drug-likeness (QED) is 0.860. The second kappa shape index (κ2) is 6.17. The van der Waals surface area contributed by atoms with Crippen LogP contribution in [0, 0.1) is 0 Å². The average molecular weight is 262 g/mol. The summed E-state index contributed by atoms with van der Waals surface area (Å²) in [6.45, 7) is 3.26. The second-order valence-corrected chi connectivity index (χ2v) is 4.57. The Kier molecular flexibility index (Phi) is 4.33. The number of aromatic nitrogens is 1. The van der Waals surface area contributed by atoms with Crippen molar-refractivity contribution in [3.05, 3.63) is 24.4 Å². The van der Waals surface area contributed by atoms with Crippen molar-refractivity contribution < 1.29 is 9.59 Å². The molecular weight excluding hydrogens is 244 g/mol. The summed E-state index contributed by atoms with van der Waals surface area (Å²) in [5.74, 6) is 0.425. The van der Waals surface area contributed by atoms with E-state index in [0.717, 1.165) is 25.9 Å². The predicted octanol–water partition coefficient (Wildman–Crippen LogP) is 1.21. The number of carbonyl (C=O) groups is 2. The molecule has 102 valence electrons. The number of urea groups is 1. The van der Waals surface area contributed by atoms with Crippen molar-refractivity contribution in [2.45, 2.75) is 25.8 Å². The van der Waals surface area contributed by atoms with Crippen molar-refractivity contribution in [3.63, 3.8) is 0 Å². The van der Waals surface area contributed by atoms with Crippen LogP contribution in [-0.2, 0) is 4.79 Å². The van der Waals surface area contributed by atoms with Crippen molar-refractivity contribution in [2.75, 3.05) is 18.4 Å². The molecule has 0 radical (unpaired) electrons. The van der Waals surface area contributed by atoms with Crippen LogP contribution in [0.4, 0.5) is 10.6 Å². The number of hydrogen-bond acceptors (Lipinski definition) is 3. The maximum absolute atomic E-state index is 12.0. The first-order chi connectivity index (χ1) is 9.16. The molecule has 1 saturated heterocycles. The zero-order valence-corrected chi connectivity index (χ0v) is 10.9. The van der Waals surface area contributed by atoms with Crippen molar-refractivity contribution in [2.24, 2.45) is 0 Å². The normalized spacial score (nSPS) is 15.9. The molecule has 0 aromatic carbocycles. The average Bonchev–Trinajstić information content (AvgIpc) is 2.92. The molecule has 6 heteroatoms. The number of rotatable bonds is 3. The first-order valence-electron chi connectivity index (χ1n) is 6.44. The highest BCUT2D eigenvalue weighted by atomic mass is 16.2. The Hall–Kier alpha value is -2.11. The van der Waals surface area contributed by atoms with Gasteiger partial charge in [-0.05, 0) is 31.9 Å². The van der Waals surface area contributed by atoms with Gasteiger partial charge in [0, 0.05) is 19.3 Å². The SMILES string of the molecule is CC(NC(=O)Nc1ccccn1)C(=O)N1CCCC1. The summed E-state index contributed by atoms with van der Waals surface area (Å²) in [5.41, 5.74) is 0. The van der Waals surface area contributed by atoms with Gasteiger partial charge in [-0.2, -0.15) is 0 Å². The van der Waals surface area contributed by atoms with Crippen LogP contribution >= 0.6 is 0 Å². The van der Waals surface area contributed by atoms with Crippen LogP contribution in [0.2, 0.25) is 0 Å². The first kappa shape index (κ1) is 13.3. The Morgan fingerprint density at radius 1 is 1.32 bits per heavy atom. The van der Waals surface area contributed by atoms with Gasteiger partial charge in [-0.15, -0.1) is 0 Å². The van der Waals surface area contributed by atoms with Crippen LogP contribution in [0.15, 0.2) is 24.4 Å². The van der Waals surface area contributed by atoms with Crippen molar-refractivity contribution in [1.82, 2.24) is 15.2 Å². The fourth-order valence-electron chi connectivity index (χ4n) is 2.06. The number of nitrogens with zero attached hydrogens (tertiary/aromatic N) is 2. The molecule has 0 aliphatic carbocycles. The summed E-state index contributed by atoms with van der Waals surface area (Å²) in [7, 11) is 0. The number of pyridine rings is 1. The van der Waals surface area contributed by atoms with E-state index in [2.05, 4.69) is 15.6 Å². The third kappa shape index (κ3) is 3.67. The first-order valence-corrected chi connectivity index (χ1v) is 6.44. The number of nitrogens with one attached hydrogen (secondary N) is 2. The van der Waals surface area contributed by atoms with Crippen molar-refractivity contribution in [1.29, 1.82) is 0 Å². The minimum absolute atomic E-state index is 0.0336. The molecule has 1 fully saturated rings. The molecule has 3 amide bonds. The van der Waals surface area contributed by atoms with Gasteiger partial charge in [0.05, 0.1) is 0 Å². The second-order valence-electron chi connectivity index (χ2n) is 4.57. The highest BCUT2D eigenvalue weighted by molar-refractivity contribution is 5.92. The zero-order valence-electron chi connectivity index (χ0n) is 10.9. The van der Waals surface area contributed by atoms with Gasteiger partial charge in [-0.3, -0.25) is 10.1 Å². The molecule has 1 atom stereocenters. The van der Waals surface area contributed by atoms with Gasteiger partial charge in [-0.1, -0.05) is 6.07 Å². The van der Waals surface area contributed by atoms with E-state index in [1.165, 1.54) is 0 Å². The van der Waals surface area contributed by atoms with Crippen LogP contribution in [0.1, 0.15) is 19.8 Å². The summed E-state index contributed by atoms with van der Waals surface area (Å²) in [6, 6.07) is 4.29. The van der Waals surface area contributed by atoms with E-state index < -0.39 is 12.1 Å². The van der Waals surface area contributed by atoms with Crippen LogP contribution in [0.5, 0.6) is 0 Å². The molecular formula is C13H18N4O2. The summed E-state index contributed by atoms with van der Waals surface area (Å²) in [5, 5.41) is 5.21. The summed E-state index contributed by atoms with van der Waals surface area (Å²) in [6.07, 6.45) is 3.67. The topological polar surface area (TPSA) is 74.3 Å². The largest absolute Gasteiger partial charge is 0.341 e. The van der Waals surface area contributed by atoms with Crippen LogP contribution in [-0.4, -0.2) is 41.0 Å². The third-order valence-electron chi connectivity index (χ3n) is 3.04. The fourth-order valence-corrected chi connectivity index (χ4v) is 2.06. The van der Waals surface area contributed by atoms with Gasteiger partial charge < -0.3 is 10.2 Å². The number of anilines is 1. The van der Waals surface area contributed by atoms with Crippen LogP contribution in [0.3, 0.4) is 0 Å². The molecule has 2 N–H and O–H groups in total. The summed E-state index contributed by atoms with van der Waals surface area (Å²) < 4.78 is 0. The lowest BCUT2D eigenvalue weighted by atomic mass is 10.3. The predicted molar refractivity (Wildman–Crippen MR) is 71.7 cm³/mol. The Morgan fingerprint density at radius 3 is 2.68 bits per heavy atom. The van der Waals surface area contributed by atoms with E-state index in [-0.39, 0.29) is 5.91 Å². The monoisotopic (exact) mass is 262 g/mol. The van der Waals surface area contributed by atoms with E-state index >= 15 is 0 Å². The lowest BCUT2D eigenvalue weighted by Gasteiger charge is -2.21. The standard InChI is InChI=1S/C13H18N4O2/c1-10(12(18)17-8-4-5-9-17)15-13(19)16-11-6-2-3-7-14-11/h2-3,6-7,10H,4-5,8-9H2,1H3,(H2,14,15,16,19). The molecule has 2 heterocycles. The molecule has 2 rings (SSSR count). The molecule has 0 bridgehead atoms. The molecule has 1 aliphatic heterocycles. The highest BCUT2D eigenvalue weighted by Gasteiger charge is 2.24. The van der Waals surface area contributed by atoms with E-state index in [4.69, 9.17) is 0 Å². The molecule has 1 aliphatic rings. The molecule has 1 unspecified atom stereocenters. The molecule has 6 nitrogen and oxygen atoms in total. The van der Waals surface area contributed by atoms with Gasteiger partial charge in [0.15, 0.2) is 0 Å². The lowest BCUT2D eigenvalue weighted by Crippen LogP contribution is -2.47. The zero-order chi connectivity index (χ0) is 13.7. The molecule has 1 aromatic rings. The highest BCUT2D eigenvalue weighted by Crippen LogP contribution is 2.09. The van der Waals surface area contributed by atoms with Gasteiger partial charge in [-0.25, -0.2) is 9.78 Å². The van der Waals surface area contributed by atoms with Crippen molar-refractivity contribution in [3.8, 4) is 0 Å². The Labute approximate surface area is 112 Å². The van der Waals surface area contributed by atoms with Gasteiger partial charge >= 0.3 is 6.03 Å². The van der Waals surface area contributed by atoms with Gasteiger partial charge in [0.2, 0.25) is 5.91 Å². The summed E-state index contributed by atoms with van der Waals surface area (Å²) in [4.78, 5) is 29.5. The molecule has 0 saturated carbocycles. The number of hydrogen-bond donors (Lipinski definition) is 2. The number of likely N-dealkylation sites (tertiary alicyclic amines) is 1.